The molecule has 1 N–H and O–H groups in total. The number of hydrogen-bond acceptors (Lipinski definition) is 7. The van der Waals surface area contributed by atoms with Crippen molar-refractivity contribution in [3.05, 3.63) is 12.2 Å². The molecule has 434 valence electrons. The minimum Gasteiger partial charge on any atom is -0.462 e. The summed E-state index contributed by atoms with van der Waals surface area (Å²) in [5.74, 6) is -0.778. The predicted molar refractivity (Wildman–Crippen MR) is 312 cm³/mol. The molecule has 0 heterocycles. The molecular weight excluding hydrogens is 930 g/mol. The fraction of sp³-hybridized carbons (Fsp3) is 0.937. The van der Waals surface area contributed by atoms with Crippen molar-refractivity contribution in [3.8, 4) is 0 Å². The van der Waals surface area contributed by atoms with Gasteiger partial charge in [-0.25, -0.2) is 4.57 Å². The third-order valence-electron chi connectivity index (χ3n) is 14.5. The van der Waals surface area contributed by atoms with Crippen molar-refractivity contribution < 1.29 is 42.1 Å². The van der Waals surface area contributed by atoms with Crippen LogP contribution in [-0.4, -0.2) is 74.9 Å². The molecule has 0 aromatic carbocycles. The highest BCUT2D eigenvalue weighted by atomic mass is 31.2. The molecule has 2 unspecified atom stereocenters. The summed E-state index contributed by atoms with van der Waals surface area (Å²) in [5, 5.41) is 0. The van der Waals surface area contributed by atoms with E-state index >= 15 is 0 Å². The number of unbranched alkanes of at least 4 members (excludes halogenated alkanes) is 44. The van der Waals surface area contributed by atoms with Crippen LogP contribution in [0.3, 0.4) is 0 Å². The fourth-order valence-electron chi connectivity index (χ4n) is 9.60. The third kappa shape index (κ3) is 59.8. The first-order chi connectivity index (χ1) is 35.5. The van der Waals surface area contributed by atoms with Crippen molar-refractivity contribution in [3.63, 3.8) is 0 Å². The highest BCUT2D eigenvalue weighted by Gasteiger charge is 2.27. The van der Waals surface area contributed by atoms with Crippen molar-refractivity contribution >= 4 is 19.8 Å². The third-order valence-corrected chi connectivity index (χ3v) is 15.5. The van der Waals surface area contributed by atoms with E-state index in [-0.39, 0.29) is 25.6 Å². The van der Waals surface area contributed by atoms with E-state index in [0.29, 0.717) is 17.4 Å². The second-order valence-electron chi connectivity index (χ2n) is 23.2. The Morgan fingerprint density at radius 3 is 1.01 bits per heavy atom. The van der Waals surface area contributed by atoms with E-state index in [4.69, 9.17) is 18.5 Å². The Kier molecular flexibility index (Phi) is 54.6. The first kappa shape index (κ1) is 71.8. The number of quaternary nitrogens is 1. The van der Waals surface area contributed by atoms with Gasteiger partial charge in [-0.05, 0) is 38.5 Å². The molecule has 0 bridgehead atoms. The second kappa shape index (κ2) is 55.5. The van der Waals surface area contributed by atoms with Gasteiger partial charge >= 0.3 is 19.8 Å². The topological polar surface area (TPSA) is 108 Å². The molecule has 0 spiro atoms. The van der Waals surface area contributed by atoms with Crippen LogP contribution < -0.4 is 0 Å². The zero-order chi connectivity index (χ0) is 53.5. The minimum absolute atomic E-state index is 0.0365. The number of ether oxygens (including phenoxy) is 2. The highest BCUT2D eigenvalue weighted by molar-refractivity contribution is 7.47. The minimum atomic E-state index is -4.38. The lowest BCUT2D eigenvalue weighted by Gasteiger charge is -2.24. The van der Waals surface area contributed by atoms with Gasteiger partial charge < -0.3 is 18.9 Å². The normalized spacial score (nSPS) is 13.2. The molecule has 2 atom stereocenters. The van der Waals surface area contributed by atoms with Crippen molar-refractivity contribution in [2.75, 3.05) is 47.5 Å². The monoisotopic (exact) mass is 1050 g/mol. The van der Waals surface area contributed by atoms with E-state index in [9.17, 15) is 19.0 Å². The Bertz CT molecular complexity index is 1240. The maximum absolute atomic E-state index is 12.8. The first-order valence-electron chi connectivity index (χ1n) is 31.9. The lowest BCUT2D eigenvalue weighted by atomic mass is 10.0. The van der Waals surface area contributed by atoms with Gasteiger partial charge in [-0.15, -0.1) is 0 Å². The maximum atomic E-state index is 12.8. The molecule has 0 saturated carbocycles. The van der Waals surface area contributed by atoms with Gasteiger partial charge in [-0.1, -0.05) is 289 Å². The number of rotatable bonds is 60. The van der Waals surface area contributed by atoms with Gasteiger partial charge in [0.15, 0.2) is 6.10 Å². The molecule has 0 rings (SSSR count). The Hall–Kier alpha value is -1.25. The number of nitrogens with zero attached hydrogens (tertiary/aromatic N) is 1. The SMILES string of the molecule is CCCCCCCCCC/C=C\CCCCCCCCCCCCCCCCCCCCCCCCCCCC(=O)OC(COC(=O)CCCCCCCCCCCCCC)COP(=O)(O)OCC[N+](C)(C)C. The van der Waals surface area contributed by atoms with E-state index in [2.05, 4.69) is 26.0 Å². The molecule has 10 heteroatoms. The molecule has 0 aromatic rings. The Morgan fingerprint density at radius 1 is 0.411 bits per heavy atom. The summed E-state index contributed by atoms with van der Waals surface area (Å²) in [5.41, 5.74) is 0. The van der Waals surface area contributed by atoms with Crippen LogP contribution in [0.15, 0.2) is 12.2 Å². The second-order valence-corrected chi connectivity index (χ2v) is 24.6. The molecule has 73 heavy (non-hydrogen) atoms. The van der Waals surface area contributed by atoms with Gasteiger partial charge in [0.1, 0.15) is 19.8 Å². The summed E-state index contributed by atoms with van der Waals surface area (Å²) in [4.78, 5) is 35.6. The van der Waals surface area contributed by atoms with E-state index in [0.717, 1.165) is 38.5 Å². The van der Waals surface area contributed by atoms with E-state index < -0.39 is 26.5 Å². The number of carbonyl (C=O) groups is 2. The summed E-state index contributed by atoms with van der Waals surface area (Å²) < 4.78 is 34.5. The number of phosphoric acid groups is 1. The summed E-state index contributed by atoms with van der Waals surface area (Å²) in [6, 6.07) is 0. The summed E-state index contributed by atoms with van der Waals surface area (Å²) in [6.45, 7) is 4.48. The fourth-order valence-corrected chi connectivity index (χ4v) is 10.3. The lowest BCUT2D eigenvalue weighted by molar-refractivity contribution is -0.870. The lowest BCUT2D eigenvalue weighted by Crippen LogP contribution is -2.37. The maximum Gasteiger partial charge on any atom is 0.472 e. The largest absolute Gasteiger partial charge is 0.472 e. The van der Waals surface area contributed by atoms with Crippen molar-refractivity contribution in [1.82, 2.24) is 0 Å². The van der Waals surface area contributed by atoms with Gasteiger partial charge in [-0.2, -0.15) is 0 Å². The summed E-state index contributed by atoms with van der Waals surface area (Å²) >= 11 is 0. The molecular formula is C63H125NO8P+. The van der Waals surface area contributed by atoms with Crippen LogP contribution in [0.1, 0.15) is 328 Å². The van der Waals surface area contributed by atoms with Crippen LogP contribution in [0.2, 0.25) is 0 Å². The van der Waals surface area contributed by atoms with E-state index in [1.807, 2.05) is 21.1 Å². The molecule has 0 aliphatic rings. The number of allylic oxidation sites excluding steroid dienone is 2. The first-order valence-corrected chi connectivity index (χ1v) is 33.4. The molecule has 0 amide bonds. The number of esters is 2. The molecule has 0 fully saturated rings. The molecule has 9 nitrogen and oxygen atoms in total. The molecule has 0 saturated heterocycles. The Labute approximate surface area is 454 Å². The van der Waals surface area contributed by atoms with Gasteiger partial charge in [0.25, 0.3) is 0 Å². The Morgan fingerprint density at radius 2 is 0.699 bits per heavy atom. The average molecular weight is 1060 g/mol. The van der Waals surface area contributed by atoms with Crippen LogP contribution in [-0.2, 0) is 32.7 Å². The average Bonchev–Trinajstić information content (AvgIpc) is 3.35. The predicted octanol–water partition coefficient (Wildman–Crippen LogP) is 20.0. The van der Waals surface area contributed by atoms with E-state index in [1.54, 1.807) is 0 Å². The summed E-state index contributed by atoms with van der Waals surface area (Å²) in [7, 11) is 1.50. The molecule has 0 aliphatic carbocycles. The highest BCUT2D eigenvalue weighted by Crippen LogP contribution is 2.43. The number of phosphoric ester groups is 1. The molecule has 0 radical (unpaired) electrons. The Balaban J connectivity index is 3.85. The zero-order valence-corrected chi connectivity index (χ0v) is 50.3. The van der Waals surface area contributed by atoms with Gasteiger partial charge in [0.05, 0.1) is 27.7 Å². The van der Waals surface area contributed by atoms with Crippen LogP contribution in [0.25, 0.3) is 0 Å². The zero-order valence-electron chi connectivity index (χ0n) is 49.4. The van der Waals surface area contributed by atoms with Gasteiger partial charge in [-0.3, -0.25) is 18.6 Å². The smallest absolute Gasteiger partial charge is 0.462 e. The molecule has 0 aliphatic heterocycles. The van der Waals surface area contributed by atoms with Crippen LogP contribution in [0.5, 0.6) is 0 Å². The van der Waals surface area contributed by atoms with Crippen LogP contribution in [0, 0.1) is 0 Å². The van der Waals surface area contributed by atoms with Gasteiger partial charge in [0, 0.05) is 12.8 Å². The molecule has 0 aromatic heterocycles. The standard InChI is InChI=1S/C63H124NO8P/c1-6-8-10-12-14-16-18-20-21-22-23-24-25-26-27-28-29-30-31-32-33-34-35-36-37-38-39-40-41-42-43-44-46-48-50-52-54-56-63(66)72-61(60-71-73(67,68)70-58-57-64(3,4)5)59-69-62(65)55-53-51-49-47-45-19-17-15-13-11-9-7-2/h22-23,61H,6-21,24-60H2,1-5H3/p+1/b23-22-. The van der Waals surface area contributed by atoms with Crippen molar-refractivity contribution in [2.24, 2.45) is 0 Å². The number of likely N-dealkylation sites (N-methyl/N-ethyl adjacent to an activating group) is 1. The number of hydrogen-bond donors (Lipinski definition) is 1. The van der Waals surface area contributed by atoms with E-state index in [1.165, 1.54) is 263 Å². The van der Waals surface area contributed by atoms with Crippen molar-refractivity contribution in [2.45, 2.75) is 335 Å². The van der Waals surface area contributed by atoms with Crippen molar-refractivity contribution in [1.29, 1.82) is 0 Å². The summed E-state index contributed by atoms with van der Waals surface area (Å²) in [6.07, 6.45) is 66.1. The van der Waals surface area contributed by atoms with Crippen LogP contribution >= 0.6 is 7.82 Å². The quantitative estimate of drug-likeness (QED) is 0.0211. The van der Waals surface area contributed by atoms with Crippen LogP contribution in [0.4, 0.5) is 0 Å². The number of carbonyl (C=O) groups excluding carboxylic acids is 2. The van der Waals surface area contributed by atoms with Gasteiger partial charge in [0.2, 0.25) is 0 Å².